The van der Waals surface area contributed by atoms with Crippen molar-refractivity contribution < 1.29 is 13.2 Å². The van der Waals surface area contributed by atoms with E-state index in [9.17, 15) is 18.0 Å². The minimum absolute atomic E-state index is 0.142. The van der Waals surface area contributed by atoms with Gasteiger partial charge in [0.25, 0.3) is 5.56 Å². The number of nitrogen functional groups attached to an aromatic ring is 1. The summed E-state index contributed by atoms with van der Waals surface area (Å²) in [5, 5.41) is 0. The molecular weight excluding hydrogens is 233 g/mol. The zero-order valence-electron chi connectivity index (χ0n) is 9.13. The number of rotatable bonds is 1. The van der Waals surface area contributed by atoms with Crippen LogP contribution in [0, 0.1) is 0 Å². The molecule has 0 amide bonds. The van der Waals surface area contributed by atoms with Gasteiger partial charge in [-0.2, -0.15) is 13.2 Å². The van der Waals surface area contributed by atoms with E-state index in [1.54, 1.807) is 0 Å². The van der Waals surface area contributed by atoms with Crippen LogP contribution in [0.5, 0.6) is 0 Å². The number of hydrogen-bond donors (Lipinski definition) is 1. The number of hydrogen-bond acceptors (Lipinski definition) is 2. The Balaban J connectivity index is 2.59. The van der Waals surface area contributed by atoms with Gasteiger partial charge < -0.3 is 10.3 Å². The van der Waals surface area contributed by atoms with E-state index in [1.165, 1.54) is 0 Å². The van der Waals surface area contributed by atoms with Crippen LogP contribution < -0.4 is 11.3 Å². The first kappa shape index (κ1) is 12.0. The van der Waals surface area contributed by atoms with Crippen molar-refractivity contribution in [1.29, 1.82) is 0 Å². The number of halogens is 3. The molecule has 1 aromatic heterocycles. The zero-order chi connectivity index (χ0) is 12.6. The number of nitrogens with two attached hydrogens (primary N) is 1. The van der Waals surface area contributed by atoms with E-state index in [0.717, 1.165) is 29.5 Å². The first-order chi connectivity index (χ1) is 7.89. The highest BCUT2D eigenvalue weighted by Gasteiger charge is 2.37. The van der Waals surface area contributed by atoms with Crippen LogP contribution in [0.3, 0.4) is 0 Å². The fraction of sp³-hybridized carbons (Fsp3) is 0.545. The number of anilines is 1. The predicted molar refractivity (Wildman–Crippen MR) is 57.6 cm³/mol. The third kappa shape index (κ3) is 2.30. The molecule has 1 heterocycles. The summed E-state index contributed by atoms with van der Waals surface area (Å²) in [6.07, 6.45) is -1.59. The second-order valence-corrected chi connectivity index (χ2v) is 4.32. The lowest BCUT2D eigenvalue weighted by molar-refractivity contribution is -0.144. The summed E-state index contributed by atoms with van der Waals surface area (Å²) < 4.78 is 39.4. The SMILES string of the molecule is Nc1cc(C(F)(F)F)n(C2CCCC2)c(=O)c1. The molecule has 0 aliphatic heterocycles. The molecule has 0 spiro atoms. The second-order valence-electron chi connectivity index (χ2n) is 4.32. The van der Waals surface area contributed by atoms with Crippen molar-refractivity contribution >= 4 is 5.69 Å². The van der Waals surface area contributed by atoms with E-state index in [1.807, 2.05) is 0 Å². The molecule has 2 N–H and O–H groups in total. The molecule has 2 rings (SSSR count). The third-order valence-corrected chi connectivity index (χ3v) is 3.07. The summed E-state index contributed by atoms with van der Waals surface area (Å²) in [6, 6.07) is 1.53. The van der Waals surface area contributed by atoms with Crippen LogP contribution in [0.2, 0.25) is 0 Å². The van der Waals surface area contributed by atoms with Crippen molar-refractivity contribution in [2.75, 3.05) is 5.73 Å². The van der Waals surface area contributed by atoms with Gasteiger partial charge in [0.15, 0.2) is 0 Å². The maximum absolute atomic E-state index is 12.8. The molecular formula is C11H13F3N2O. The maximum Gasteiger partial charge on any atom is 0.431 e. The van der Waals surface area contributed by atoms with Crippen LogP contribution in [-0.2, 0) is 6.18 Å². The summed E-state index contributed by atoms with van der Waals surface area (Å²) in [4.78, 5) is 11.7. The number of pyridine rings is 1. The van der Waals surface area contributed by atoms with Gasteiger partial charge in [0.05, 0.1) is 0 Å². The van der Waals surface area contributed by atoms with Crippen LogP contribution >= 0.6 is 0 Å². The Bertz CT molecular complexity index is 473. The van der Waals surface area contributed by atoms with Crippen LogP contribution in [0.4, 0.5) is 18.9 Å². The summed E-state index contributed by atoms with van der Waals surface area (Å²) in [6.45, 7) is 0. The molecule has 1 aliphatic carbocycles. The molecule has 1 aromatic rings. The fourth-order valence-electron chi connectivity index (χ4n) is 2.36. The van der Waals surface area contributed by atoms with Crippen molar-refractivity contribution in [2.24, 2.45) is 0 Å². The quantitative estimate of drug-likeness (QED) is 0.827. The van der Waals surface area contributed by atoms with Crippen molar-refractivity contribution in [2.45, 2.75) is 37.9 Å². The topological polar surface area (TPSA) is 48.0 Å². The molecule has 0 bridgehead atoms. The molecule has 3 nitrogen and oxygen atoms in total. The fourth-order valence-corrected chi connectivity index (χ4v) is 2.36. The van der Waals surface area contributed by atoms with E-state index in [4.69, 9.17) is 5.73 Å². The van der Waals surface area contributed by atoms with E-state index in [-0.39, 0.29) is 11.7 Å². The normalized spacial score (nSPS) is 17.6. The smallest absolute Gasteiger partial charge is 0.399 e. The minimum atomic E-state index is -4.54. The van der Waals surface area contributed by atoms with Gasteiger partial charge >= 0.3 is 6.18 Å². The van der Waals surface area contributed by atoms with E-state index < -0.39 is 17.4 Å². The molecule has 0 saturated heterocycles. The van der Waals surface area contributed by atoms with E-state index >= 15 is 0 Å². The van der Waals surface area contributed by atoms with E-state index in [0.29, 0.717) is 12.8 Å². The van der Waals surface area contributed by atoms with Crippen molar-refractivity contribution in [1.82, 2.24) is 4.57 Å². The van der Waals surface area contributed by atoms with Crippen molar-refractivity contribution in [3.63, 3.8) is 0 Å². The average molecular weight is 246 g/mol. The highest BCUT2D eigenvalue weighted by Crippen LogP contribution is 2.35. The minimum Gasteiger partial charge on any atom is -0.399 e. The number of nitrogens with zero attached hydrogens (tertiary/aromatic N) is 1. The van der Waals surface area contributed by atoms with E-state index in [2.05, 4.69) is 0 Å². The highest BCUT2D eigenvalue weighted by molar-refractivity contribution is 5.39. The van der Waals surface area contributed by atoms with Crippen LogP contribution in [0.15, 0.2) is 16.9 Å². The standard InChI is InChI=1S/C11H13F3N2O/c12-11(13,14)9-5-7(15)6-10(17)16(9)8-3-1-2-4-8/h5-6,8H,1-4,15H2. The second kappa shape index (κ2) is 4.09. The maximum atomic E-state index is 12.8. The van der Waals surface area contributed by atoms with Gasteiger partial charge in [-0.3, -0.25) is 4.79 Å². The van der Waals surface area contributed by atoms with Gasteiger partial charge in [-0.1, -0.05) is 12.8 Å². The molecule has 17 heavy (non-hydrogen) atoms. The Hall–Kier alpha value is -1.46. The summed E-state index contributed by atoms with van der Waals surface area (Å²) in [5.74, 6) is 0. The highest BCUT2D eigenvalue weighted by atomic mass is 19.4. The summed E-state index contributed by atoms with van der Waals surface area (Å²) in [5.41, 5.74) is 3.57. The molecule has 0 atom stereocenters. The summed E-state index contributed by atoms with van der Waals surface area (Å²) in [7, 11) is 0. The lowest BCUT2D eigenvalue weighted by Crippen LogP contribution is -2.30. The Labute approximate surface area is 96.0 Å². The average Bonchev–Trinajstić information content (AvgIpc) is 2.67. The number of aromatic nitrogens is 1. The van der Waals surface area contributed by atoms with Crippen LogP contribution in [-0.4, -0.2) is 4.57 Å². The molecule has 1 aliphatic rings. The molecule has 1 saturated carbocycles. The first-order valence-corrected chi connectivity index (χ1v) is 5.49. The Morgan fingerprint density at radius 3 is 2.35 bits per heavy atom. The first-order valence-electron chi connectivity index (χ1n) is 5.49. The van der Waals surface area contributed by atoms with Gasteiger partial charge in [0.1, 0.15) is 5.69 Å². The van der Waals surface area contributed by atoms with Crippen LogP contribution in [0.1, 0.15) is 37.4 Å². The molecule has 0 unspecified atom stereocenters. The van der Waals surface area contributed by atoms with Gasteiger partial charge in [-0.05, 0) is 18.9 Å². The Morgan fingerprint density at radius 2 is 1.82 bits per heavy atom. The Morgan fingerprint density at radius 1 is 1.24 bits per heavy atom. The molecule has 0 aromatic carbocycles. The lowest BCUT2D eigenvalue weighted by Gasteiger charge is -2.20. The molecule has 6 heteroatoms. The van der Waals surface area contributed by atoms with Gasteiger partial charge in [-0.15, -0.1) is 0 Å². The molecule has 0 radical (unpaired) electrons. The third-order valence-electron chi connectivity index (χ3n) is 3.07. The molecule has 94 valence electrons. The number of alkyl halides is 3. The monoisotopic (exact) mass is 246 g/mol. The summed E-state index contributed by atoms with van der Waals surface area (Å²) >= 11 is 0. The van der Waals surface area contributed by atoms with Gasteiger partial charge in [-0.25, -0.2) is 0 Å². The van der Waals surface area contributed by atoms with Gasteiger partial charge in [0.2, 0.25) is 0 Å². The lowest BCUT2D eigenvalue weighted by atomic mass is 10.2. The van der Waals surface area contributed by atoms with Crippen molar-refractivity contribution in [3.05, 3.63) is 28.2 Å². The largest absolute Gasteiger partial charge is 0.431 e. The molecule has 1 fully saturated rings. The van der Waals surface area contributed by atoms with Gasteiger partial charge in [0, 0.05) is 17.8 Å². The van der Waals surface area contributed by atoms with Crippen molar-refractivity contribution in [3.8, 4) is 0 Å². The predicted octanol–water partition coefficient (Wildman–Crippen LogP) is 2.56. The van der Waals surface area contributed by atoms with Crippen LogP contribution in [0.25, 0.3) is 0 Å². The Kier molecular flexibility index (Phi) is 2.89. The zero-order valence-corrected chi connectivity index (χ0v) is 9.13.